The number of aryl methyl sites for hydroxylation is 1. The number of hydrogen-bond acceptors (Lipinski definition) is 6. The summed E-state index contributed by atoms with van der Waals surface area (Å²) < 4.78 is 26.1. The van der Waals surface area contributed by atoms with E-state index < -0.39 is 20.9 Å². The summed E-state index contributed by atoms with van der Waals surface area (Å²) in [4.78, 5) is 23.0. The van der Waals surface area contributed by atoms with Crippen molar-refractivity contribution in [2.75, 3.05) is 12.3 Å². The maximum atomic E-state index is 12.4. The van der Waals surface area contributed by atoms with E-state index in [1.165, 1.54) is 4.68 Å². The molecule has 0 unspecified atom stereocenters. The van der Waals surface area contributed by atoms with Gasteiger partial charge in [0.25, 0.3) is 5.91 Å². The van der Waals surface area contributed by atoms with Crippen molar-refractivity contribution in [3.63, 3.8) is 0 Å². The van der Waals surface area contributed by atoms with Crippen LogP contribution >= 0.6 is 0 Å². The highest BCUT2D eigenvalue weighted by molar-refractivity contribution is 7.89. The minimum absolute atomic E-state index is 0.00367. The van der Waals surface area contributed by atoms with E-state index in [0.717, 1.165) is 9.87 Å². The van der Waals surface area contributed by atoms with Crippen molar-refractivity contribution in [3.05, 3.63) is 56.9 Å². The molecule has 1 aliphatic rings. The third-order valence-electron chi connectivity index (χ3n) is 4.38. The van der Waals surface area contributed by atoms with Gasteiger partial charge in [0.2, 0.25) is 10.0 Å². The van der Waals surface area contributed by atoms with Crippen LogP contribution in [0.3, 0.4) is 0 Å². The van der Waals surface area contributed by atoms with Gasteiger partial charge in [-0.05, 0) is 38.0 Å². The van der Waals surface area contributed by atoms with Gasteiger partial charge in [0, 0.05) is 12.1 Å². The van der Waals surface area contributed by atoms with Gasteiger partial charge in [-0.15, -0.1) is 0 Å². The Balaban J connectivity index is 1.80. The second-order valence-electron chi connectivity index (χ2n) is 6.18. The molecule has 1 aliphatic heterocycles. The Hall–Kier alpha value is -2.75. The van der Waals surface area contributed by atoms with E-state index in [0.29, 0.717) is 29.9 Å². The maximum Gasteiger partial charge on any atom is 0.312 e. The SMILES string of the molecule is Cc1nn(Cc2ccc(C(=O)N3CCCS3(=O)=O)cc2)c(C)c1[N+](=O)[O-]. The first-order valence-corrected chi connectivity index (χ1v) is 9.63. The summed E-state index contributed by atoms with van der Waals surface area (Å²) in [5.74, 6) is -0.538. The van der Waals surface area contributed by atoms with Crippen molar-refractivity contribution < 1.29 is 18.1 Å². The van der Waals surface area contributed by atoms with Crippen LogP contribution in [0.15, 0.2) is 24.3 Å². The topological polar surface area (TPSA) is 115 Å². The second kappa shape index (κ2) is 6.52. The lowest BCUT2D eigenvalue weighted by atomic mass is 10.1. The van der Waals surface area contributed by atoms with Crippen molar-refractivity contribution in [3.8, 4) is 0 Å². The van der Waals surface area contributed by atoms with Crippen LogP contribution in [-0.2, 0) is 16.6 Å². The van der Waals surface area contributed by atoms with E-state index in [-0.39, 0.29) is 18.0 Å². The highest BCUT2D eigenvalue weighted by atomic mass is 32.2. The minimum atomic E-state index is -3.50. The molecule has 1 fully saturated rings. The van der Waals surface area contributed by atoms with E-state index in [4.69, 9.17) is 0 Å². The number of amides is 1. The molecule has 1 aromatic heterocycles. The lowest BCUT2D eigenvalue weighted by Gasteiger charge is -2.14. The van der Waals surface area contributed by atoms with Crippen molar-refractivity contribution in [2.24, 2.45) is 0 Å². The standard InChI is InChI=1S/C16H18N4O5S/c1-11-15(20(22)23)12(2)18(17-11)10-13-4-6-14(7-5-13)16(21)19-8-3-9-26(19,24)25/h4-7H,3,8-10H2,1-2H3. The highest BCUT2D eigenvalue weighted by Crippen LogP contribution is 2.23. The summed E-state index contributed by atoms with van der Waals surface area (Å²) in [5.41, 5.74) is 1.88. The average Bonchev–Trinajstić information content (AvgIpc) is 3.06. The molecule has 0 spiro atoms. The monoisotopic (exact) mass is 378 g/mol. The fourth-order valence-corrected chi connectivity index (χ4v) is 4.52. The molecule has 2 heterocycles. The Bertz CT molecular complexity index is 979. The highest BCUT2D eigenvalue weighted by Gasteiger charge is 2.33. The van der Waals surface area contributed by atoms with Gasteiger partial charge in [0.1, 0.15) is 11.4 Å². The zero-order valence-corrected chi connectivity index (χ0v) is 15.2. The van der Waals surface area contributed by atoms with Gasteiger partial charge in [0.15, 0.2) is 0 Å². The summed E-state index contributed by atoms with van der Waals surface area (Å²) in [6, 6.07) is 6.51. The Morgan fingerprint density at radius 2 is 1.92 bits per heavy atom. The van der Waals surface area contributed by atoms with Crippen molar-refractivity contribution in [2.45, 2.75) is 26.8 Å². The van der Waals surface area contributed by atoms with Gasteiger partial charge in [-0.1, -0.05) is 12.1 Å². The van der Waals surface area contributed by atoms with Gasteiger partial charge >= 0.3 is 5.69 Å². The van der Waals surface area contributed by atoms with Crippen molar-refractivity contribution in [1.82, 2.24) is 14.1 Å². The number of carbonyl (C=O) groups excluding carboxylic acids is 1. The van der Waals surface area contributed by atoms with Crippen LogP contribution in [0.4, 0.5) is 5.69 Å². The zero-order valence-electron chi connectivity index (χ0n) is 14.4. The van der Waals surface area contributed by atoms with Gasteiger partial charge in [-0.2, -0.15) is 5.10 Å². The number of benzene rings is 1. The van der Waals surface area contributed by atoms with Gasteiger partial charge < -0.3 is 0 Å². The van der Waals surface area contributed by atoms with E-state index in [2.05, 4.69) is 5.10 Å². The quantitative estimate of drug-likeness (QED) is 0.590. The number of aromatic nitrogens is 2. The van der Waals surface area contributed by atoms with Crippen LogP contribution in [-0.4, -0.2) is 45.6 Å². The predicted molar refractivity (Wildman–Crippen MR) is 93.3 cm³/mol. The van der Waals surface area contributed by atoms with Crippen LogP contribution in [0, 0.1) is 24.0 Å². The molecular weight excluding hydrogens is 360 g/mol. The lowest BCUT2D eigenvalue weighted by molar-refractivity contribution is -0.386. The van der Waals surface area contributed by atoms with Crippen LogP contribution in [0.1, 0.15) is 33.7 Å². The largest absolute Gasteiger partial charge is 0.312 e. The number of hydrogen-bond donors (Lipinski definition) is 0. The Morgan fingerprint density at radius 1 is 1.27 bits per heavy atom. The lowest BCUT2D eigenvalue weighted by Crippen LogP contribution is -2.32. The number of nitrogens with zero attached hydrogens (tertiary/aromatic N) is 4. The zero-order chi connectivity index (χ0) is 19.1. The molecule has 1 aromatic carbocycles. The second-order valence-corrected chi connectivity index (χ2v) is 8.19. The third kappa shape index (κ3) is 3.19. The first-order valence-electron chi connectivity index (χ1n) is 8.03. The van der Waals surface area contributed by atoms with Crippen LogP contribution in [0.5, 0.6) is 0 Å². The molecule has 0 radical (unpaired) electrons. The molecule has 0 aliphatic carbocycles. The molecule has 2 aromatic rings. The van der Waals surface area contributed by atoms with Crippen LogP contribution in [0.25, 0.3) is 0 Å². The van der Waals surface area contributed by atoms with Gasteiger partial charge in [-0.25, -0.2) is 12.7 Å². The van der Waals surface area contributed by atoms with E-state index in [9.17, 15) is 23.3 Å². The third-order valence-corrected chi connectivity index (χ3v) is 6.21. The van der Waals surface area contributed by atoms with E-state index in [1.807, 2.05) is 0 Å². The average molecular weight is 378 g/mol. The molecule has 26 heavy (non-hydrogen) atoms. The maximum absolute atomic E-state index is 12.4. The number of rotatable bonds is 4. The molecule has 0 N–H and O–H groups in total. The van der Waals surface area contributed by atoms with E-state index >= 15 is 0 Å². The summed E-state index contributed by atoms with van der Waals surface area (Å²) in [6.07, 6.45) is 0.447. The molecule has 9 nitrogen and oxygen atoms in total. The molecule has 0 atom stereocenters. The fourth-order valence-electron chi connectivity index (χ4n) is 3.04. The first-order chi connectivity index (χ1) is 12.2. The Kier molecular flexibility index (Phi) is 4.53. The molecule has 1 amide bonds. The smallest absolute Gasteiger partial charge is 0.268 e. The number of nitro groups is 1. The molecule has 1 saturated heterocycles. The Morgan fingerprint density at radius 3 is 2.42 bits per heavy atom. The molecule has 138 valence electrons. The first kappa shape index (κ1) is 18.1. The van der Waals surface area contributed by atoms with Gasteiger partial charge in [0.05, 0.1) is 17.2 Å². The Labute approximate surface area is 150 Å². The number of carbonyl (C=O) groups is 1. The predicted octanol–water partition coefficient (Wildman–Crippen LogP) is 1.63. The summed E-state index contributed by atoms with van der Waals surface area (Å²) >= 11 is 0. The van der Waals surface area contributed by atoms with Crippen molar-refractivity contribution in [1.29, 1.82) is 0 Å². The molecule has 0 bridgehead atoms. The van der Waals surface area contributed by atoms with E-state index in [1.54, 1.807) is 38.1 Å². The van der Waals surface area contributed by atoms with Crippen LogP contribution < -0.4 is 0 Å². The molecule has 0 saturated carbocycles. The molecular formula is C16H18N4O5S. The summed E-state index contributed by atoms with van der Waals surface area (Å²) in [6.45, 7) is 3.74. The summed E-state index contributed by atoms with van der Waals surface area (Å²) in [7, 11) is -3.50. The number of sulfonamides is 1. The van der Waals surface area contributed by atoms with Gasteiger partial charge in [-0.3, -0.25) is 19.6 Å². The molecule has 10 heteroatoms. The van der Waals surface area contributed by atoms with Crippen LogP contribution in [0.2, 0.25) is 0 Å². The minimum Gasteiger partial charge on any atom is -0.268 e. The molecule has 3 rings (SSSR count). The van der Waals surface area contributed by atoms with Crippen molar-refractivity contribution >= 4 is 21.6 Å². The summed E-state index contributed by atoms with van der Waals surface area (Å²) in [5, 5.41) is 15.3. The fraction of sp³-hybridized carbons (Fsp3) is 0.375. The normalized spacial score (nSPS) is 16.0.